The molecule has 0 atom stereocenters. The molecule has 2 aliphatic carbocycles. The SMILES string of the molecule is C1=C2CCC(=C1)C2.F[B-](F)(F)F.F[B-](F)(F)F.F[B-](F)(F)F.[Rh+3].c1ccc(P(CCP(c2ccccc2)c2ccccc2)c2ccccc2)cc1. The molecule has 2 bridgehead atoms. The Morgan fingerprint density at radius 1 is 0.373 bits per heavy atom. The van der Waals surface area contributed by atoms with Crippen LogP contribution in [0.4, 0.5) is 51.8 Å². The predicted molar refractivity (Wildman–Crippen MR) is 188 cm³/mol. The van der Waals surface area contributed by atoms with Crippen molar-refractivity contribution < 1.29 is 71.3 Å². The Kier molecular flexibility index (Phi) is 20.8. The van der Waals surface area contributed by atoms with Crippen molar-refractivity contribution >= 4 is 58.8 Å². The van der Waals surface area contributed by atoms with Crippen LogP contribution in [0, 0.1) is 0 Å². The third-order valence-corrected chi connectivity index (χ3v) is 12.0. The van der Waals surface area contributed by atoms with Crippen LogP contribution in [0.25, 0.3) is 0 Å². The van der Waals surface area contributed by atoms with Gasteiger partial charge in [0.25, 0.3) is 0 Å². The molecule has 0 spiro atoms. The summed E-state index contributed by atoms with van der Waals surface area (Å²) >= 11 is 0. The summed E-state index contributed by atoms with van der Waals surface area (Å²) in [5, 5.41) is 5.89. The minimum atomic E-state index is -6.00. The Bertz CT molecular complexity index is 1350. The first-order valence-electron chi connectivity index (χ1n) is 15.1. The van der Waals surface area contributed by atoms with Crippen LogP contribution >= 0.6 is 15.8 Å². The number of hydrogen-bond acceptors (Lipinski definition) is 0. The Hall–Kier alpha value is -2.80. The zero-order chi connectivity index (χ0) is 37.2. The van der Waals surface area contributed by atoms with Gasteiger partial charge >= 0.3 is 41.2 Å². The van der Waals surface area contributed by atoms with Crippen LogP contribution < -0.4 is 21.2 Å². The van der Waals surface area contributed by atoms with Gasteiger partial charge in [-0.3, -0.25) is 0 Å². The van der Waals surface area contributed by atoms with E-state index in [0.717, 1.165) is 0 Å². The van der Waals surface area contributed by atoms with Gasteiger partial charge in [-0.05, 0) is 68.6 Å². The molecule has 276 valence electrons. The number of benzene rings is 4. The number of rotatable bonds is 7. The molecule has 6 rings (SSSR count). The van der Waals surface area contributed by atoms with Crippen molar-refractivity contribution in [3.63, 3.8) is 0 Å². The molecule has 51 heavy (non-hydrogen) atoms. The Morgan fingerprint density at radius 2 is 0.569 bits per heavy atom. The van der Waals surface area contributed by atoms with Gasteiger partial charge in [0, 0.05) is 0 Å². The maximum atomic E-state index is 9.75. The zero-order valence-corrected chi connectivity index (χ0v) is 30.2. The molecule has 0 aliphatic heterocycles. The van der Waals surface area contributed by atoms with Gasteiger partial charge in [0.15, 0.2) is 0 Å². The molecule has 0 N–H and O–H groups in total. The zero-order valence-electron chi connectivity index (χ0n) is 26.7. The van der Waals surface area contributed by atoms with Gasteiger partial charge in [-0.2, -0.15) is 0 Å². The van der Waals surface area contributed by atoms with Crippen molar-refractivity contribution in [2.75, 3.05) is 12.3 Å². The van der Waals surface area contributed by atoms with Crippen molar-refractivity contribution in [1.29, 1.82) is 0 Å². The van der Waals surface area contributed by atoms with E-state index in [-0.39, 0.29) is 35.3 Å². The summed E-state index contributed by atoms with van der Waals surface area (Å²) in [5.41, 5.74) is 3.30. The van der Waals surface area contributed by atoms with E-state index in [9.17, 15) is 51.8 Å². The standard InChI is InChI=1S/C26H24P2.C7H8.3BF4.Rh/c1-5-13-23(14-6-1)27(24-15-7-2-8-16-24)21-22-28(25-17-9-3-10-18-25)26-19-11-4-12-20-26;1-2-7-4-3-6(1)5-7;3*2-1(3,4)5;/h1-20H,21-22H2;1-2H,3-5H2;;;;/q;;3*-1;+3. The van der Waals surface area contributed by atoms with E-state index < -0.39 is 21.8 Å². The Balaban J connectivity index is 0.000000457. The van der Waals surface area contributed by atoms with Crippen LogP contribution in [0.3, 0.4) is 0 Å². The summed E-state index contributed by atoms with van der Waals surface area (Å²) in [6.07, 6.45) is 11.0. The average Bonchev–Trinajstić information content (AvgIpc) is 3.70. The van der Waals surface area contributed by atoms with Crippen LogP contribution in [0.2, 0.25) is 0 Å². The van der Waals surface area contributed by atoms with Gasteiger partial charge in [0.2, 0.25) is 0 Å². The normalized spacial score (nSPS) is 13.1. The molecule has 4 aromatic carbocycles. The van der Waals surface area contributed by atoms with E-state index in [0.29, 0.717) is 0 Å². The first-order valence-corrected chi connectivity index (χ1v) is 18.2. The predicted octanol–water partition coefficient (Wildman–Crippen LogP) is 11.2. The third-order valence-electron chi connectivity index (χ3n) is 6.59. The molecule has 0 aromatic heterocycles. The van der Waals surface area contributed by atoms with E-state index in [1.165, 1.54) is 52.8 Å². The molecule has 2 aliphatic rings. The number of halogens is 12. The average molecular weight is 854 g/mol. The fourth-order valence-electron chi connectivity index (χ4n) is 4.76. The van der Waals surface area contributed by atoms with E-state index >= 15 is 0 Å². The topological polar surface area (TPSA) is 0 Å². The van der Waals surface area contributed by atoms with Gasteiger partial charge < -0.3 is 51.8 Å². The Morgan fingerprint density at radius 3 is 0.706 bits per heavy atom. The quantitative estimate of drug-likeness (QED) is 0.0987. The second-order valence-corrected chi connectivity index (χ2v) is 15.1. The molecular formula is C33H32B3F12P2Rh. The minimum Gasteiger partial charge on any atom is -0.418 e. The van der Waals surface area contributed by atoms with E-state index in [1.807, 2.05) is 0 Å². The summed E-state index contributed by atoms with van der Waals surface area (Å²) in [5.74, 6) is 0. The van der Waals surface area contributed by atoms with Gasteiger partial charge in [-0.25, -0.2) is 0 Å². The molecule has 0 unspecified atom stereocenters. The summed E-state index contributed by atoms with van der Waals surface area (Å²) in [4.78, 5) is 0. The second-order valence-electron chi connectivity index (χ2n) is 10.5. The molecule has 0 nitrogen and oxygen atoms in total. The van der Waals surface area contributed by atoms with Crippen molar-refractivity contribution in [3.8, 4) is 0 Å². The maximum Gasteiger partial charge on any atom is 3.00 e. The van der Waals surface area contributed by atoms with Crippen molar-refractivity contribution in [3.05, 3.63) is 145 Å². The third kappa shape index (κ3) is 23.4. The molecule has 0 amide bonds. The molecule has 4 aromatic rings. The fraction of sp³-hybridized carbons (Fsp3) is 0.152. The van der Waals surface area contributed by atoms with Crippen molar-refractivity contribution in [2.24, 2.45) is 0 Å². The summed E-state index contributed by atoms with van der Waals surface area (Å²) in [6.45, 7) is 0. The summed E-state index contributed by atoms with van der Waals surface area (Å²) in [7, 11) is -18.7. The second kappa shape index (κ2) is 23.0. The van der Waals surface area contributed by atoms with E-state index in [2.05, 4.69) is 133 Å². The van der Waals surface area contributed by atoms with Crippen LogP contribution in [0.15, 0.2) is 145 Å². The number of fused-ring (bicyclic) bond motifs is 2. The number of hydrogen-bond donors (Lipinski definition) is 0. The molecular weight excluding hydrogens is 822 g/mol. The van der Waals surface area contributed by atoms with Crippen molar-refractivity contribution in [1.82, 2.24) is 0 Å². The van der Waals surface area contributed by atoms with Crippen LogP contribution in [0.5, 0.6) is 0 Å². The van der Waals surface area contributed by atoms with Crippen LogP contribution in [-0.2, 0) is 19.5 Å². The largest absolute Gasteiger partial charge is 3.00 e. The minimum absolute atomic E-state index is 0. The van der Waals surface area contributed by atoms with Gasteiger partial charge in [0.1, 0.15) is 0 Å². The smallest absolute Gasteiger partial charge is 0.418 e. The summed E-state index contributed by atoms with van der Waals surface area (Å²) in [6, 6.07) is 44.2. The molecule has 0 heterocycles. The first kappa shape index (κ1) is 46.2. The van der Waals surface area contributed by atoms with Crippen molar-refractivity contribution in [2.45, 2.75) is 19.3 Å². The Labute approximate surface area is 305 Å². The molecule has 1 saturated carbocycles. The molecule has 0 saturated heterocycles. The van der Waals surface area contributed by atoms with Crippen LogP contribution in [-0.4, -0.2) is 34.1 Å². The van der Waals surface area contributed by atoms with Gasteiger partial charge in [-0.1, -0.05) is 145 Å². The van der Waals surface area contributed by atoms with Gasteiger partial charge in [0.05, 0.1) is 0 Å². The maximum absolute atomic E-state index is 9.75. The van der Waals surface area contributed by atoms with E-state index in [4.69, 9.17) is 0 Å². The van der Waals surface area contributed by atoms with Crippen LogP contribution in [0.1, 0.15) is 19.3 Å². The first-order chi connectivity index (χ1) is 23.4. The van der Waals surface area contributed by atoms with Gasteiger partial charge in [-0.15, -0.1) is 0 Å². The summed E-state index contributed by atoms with van der Waals surface area (Å²) < 4.78 is 117. The molecule has 0 radical (unpaired) electrons. The monoisotopic (exact) mass is 854 g/mol. The molecule has 1 fully saturated rings. The fourth-order valence-corrected chi connectivity index (χ4v) is 10.1. The van der Waals surface area contributed by atoms with E-state index in [1.54, 1.807) is 11.1 Å². The number of allylic oxidation sites excluding steroid dienone is 4. The molecule has 18 heteroatoms.